The van der Waals surface area contributed by atoms with Gasteiger partial charge in [-0.1, -0.05) is 6.92 Å². The lowest BCUT2D eigenvalue weighted by atomic mass is 9.85. The lowest BCUT2D eigenvalue weighted by molar-refractivity contribution is 0.0994. The Kier molecular flexibility index (Phi) is 3.88. The van der Waals surface area contributed by atoms with Crippen molar-refractivity contribution in [1.82, 2.24) is 4.98 Å². The molecular formula is C18H18F2N2O. The van der Waals surface area contributed by atoms with Crippen molar-refractivity contribution in [3.63, 3.8) is 0 Å². The number of hydrogen-bond donors (Lipinski definition) is 1. The third-order valence-corrected chi connectivity index (χ3v) is 4.48. The fourth-order valence-corrected chi connectivity index (χ4v) is 3.18. The van der Waals surface area contributed by atoms with Crippen molar-refractivity contribution in [2.45, 2.75) is 32.6 Å². The summed E-state index contributed by atoms with van der Waals surface area (Å²) in [6.07, 6.45) is 3.68. The second-order valence-electron chi connectivity index (χ2n) is 6.23. The highest BCUT2D eigenvalue weighted by Gasteiger charge is 2.34. The summed E-state index contributed by atoms with van der Waals surface area (Å²) in [5, 5.41) is 0. The summed E-state index contributed by atoms with van der Waals surface area (Å²) in [4.78, 5) is 16.0. The number of amides is 1. The summed E-state index contributed by atoms with van der Waals surface area (Å²) < 4.78 is 27.3. The molecule has 0 bridgehead atoms. The number of aryl methyl sites for hydroxylation is 1. The molecule has 0 radical (unpaired) electrons. The SMILES string of the molecule is Cc1cnc(C(N)=O)c([C@@H](C)C2CC2)c1-c1cc(F)cc(F)c1. The number of aromatic nitrogens is 1. The molecule has 2 aromatic rings. The number of nitrogens with zero attached hydrogens (tertiary/aromatic N) is 1. The molecule has 0 aliphatic heterocycles. The van der Waals surface area contributed by atoms with Gasteiger partial charge in [-0.05, 0) is 66.0 Å². The summed E-state index contributed by atoms with van der Waals surface area (Å²) in [6.45, 7) is 3.83. The summed E-state index contributed by atoms with van der Waals surface area (Å²) in [5.74, 6) is -1.41. The summed E-state index contributed by atoms with van der Waals surface area (Å²) in [7, 11) is 0. The normalized spacial score (nSPS) is 15.5. The van der Waals surface area contributed by atoms with Gasteiger partial charge >= 0.3 is 0 Å². The van der Waals surface area contributed by atoms with Gasteiger partial charge in [0.15, 0.2) is 0 Å². The Balaban J connectivity index is 2.29. The number of carbonyl (C=O) groups excluding carboxylic acids is 1. The molecule has 5 heteroatoms. The topological polar surface area (TPSA) is 56.0 Å². The first-order chi connectivity index (χ1) is 10.9. The van der Waals surface area contributed by atoms with E-state index < -0.39 is 17.5 Å². The maximum absolute atomic E-state index is 13.7. The number of primary amides is 1. The first kappa shape index (κ1) is 15.6. The third-order valence-electron chi connectivity index (χ3n) is 4.48. The molecule has 1 saturated carbocycles. The zero-order valence-corrected chi connectivity index (χ0v) is 13.1. The highest BCUT2D eigenvalue weighted by Crippen LogP contribution is 2.46. The lowest BCUT2D eigenvalue weighted by Crippen LogP contribution is -2.19. The van der Waals surface area contributed by atoms with E-state index in [0.717, 1.165) is 24.5 Å². The molecule has 1 fully saturated rings. The minimum absolute atomic E-state index is 0.0613. The Hall–Kier alpha value is -2.30. The van der Waals surface area contributed by atoms with Gasteiger partial charge in [-0.2, -0.15) is 0 Å². The number of carbonyl (C=O) groups is 1. The summed E-state index contributed by atoms with van der Waals surface area (Å²) in [6, 6.07) is 3.39. The van der Waals surface area contributed by atoms with Crippen LogP contribution >= 0.6 is 0 Å². The van der Waals surface area contributed by atoms with Crippen molar-refractivity contribution in [1.29, 1.82) is 0 Å². The molecule has 120 valence electrons. The van der Waals surface area contributed by atoms with Crippen LogP contribution in [0.15, 0.2) is 24.4 Å². The molecule has 1 atom stereocenters. The van der Waals surface area contributed by atoms with E-state index >= 15 is 0 Å². The maximum Gasteiger partial charge on any atom is 0.267 e. The molecule has 23 heavy (non-hydrogen) atoms. The van der Waals surface area contributed by atoms with E-state index in [9.17, 15) is 13.6 Å². The van der Waals surface area contributed by atoms with Gasteiger partial charge in [0, 0.05) is 12.3 Å². The standard InChI is InChI=1S/C18H18F2N2O/c1-9-8-22-17(18(21)23)16(10(2)11-3-4-11)15(9)12-5-13(19)7-14(20)6-12/h5-8,10-11H,3-4H2,1-2H3,(H2,21,23)/t10-/m0/s1. The fraction of sp³-hybridized carbons (Fsp3) is 0.333. The predicted molar refractivity (Wildman–Crippen MR) is 84.0 cm³/mol. The molecule has 1 aliphatic rings. The number of hydrogen-bond acceptors (Lipinski definition) is 2. The van der Waals surface area contributed by atoms with Crippen molar-refractivity contribution in [3.8, 4) is 11.1 Å². The van der Waals surface area contributed by atoms with E-state index in [1.165, 1.54) is 18.3 Å². The molecule has 3 nitrogen and oxygen atoms in total. The molecule has 0 unspecified atom stereocenters. The zero-order valence-electron chi connectivity index (χ0n) is 13.1. The largest absolute Gasteiger partial charge is 0.364 e. The second-order valence-corrected chi connectivity index (χ2v) is 6.23. The molecule has 0 saturated heterocycles. The van der Waals surface area contributed by atoms with E-state index in [4.69, 9.17) is 5.73 Å². The van der Waals surface area contributed by atoms with Gasteiger partial charge in [-0.3, -0.25) is 9.78 Å². The van der Waals surface area contributed by atoms with Crippen molar-refractivity contribution in [3.05, 3.63) is 52.9 Å². The van der Waals surface area contributed by atoms with Gasteiger partial charge in [0.2, 0.25) is 0 Å². The van der Waals surface area contributed by atoms with Crippen LogP contribution in [0, 0.1) is 24.5 Å². The van der Waals surface area contributed by atoms with Crippen molar-refractivity contribution in [2.75, 3.05) is 0 Å². The van der Waals surface area contributed by atoms with E-state index in [1.807, 2.05) is 13.8 Å². The predicted octanol–water partition coefficient (Wildman–Crippen LogP) is 3.95. The fourth-order valence-electron chi connectivity index (χ4n) is 3.18. The van der Waals surface area contributed by atoms with Crippen molar-refractivity contribution >= 4 is 5.91 Å². The van der Waals surface area contributed by atoms with Crippen LogP contribution in [0.5, 0.6) is 0 Å². The van der Waals surface area contributed by atoms with Crippen molar-refractivity contribution < 1.29 is 13.6 Å². The van der Waals surface area contributed by atoms with E-state index in [0.29, 0.717) is 22.6 Å². The van der Waals surface area contributed by atoms with Gasteiger partial charge in [0.1, 0.15) is 17.3 Å². The van der Waals surface area contributed by atoms with Gasteiger partial charge in [0.25, 0.3) is 5.91 Å². The smallest absolute Gasteiger partial charge is 0.267 e. The van der Waals surface area contributed by atoms with Gasteiger partial charge < -0.3 is 5.73 Å². The van der Waals surface area contributed by atoms with E-state index in [-0.39, 0.29) is 11.6 Å². The lowest BCUT2D eigenvalue weighted by Gasteiger charge is -2.21. The molecule has 1 aromatic carbocycles. The van der Waals surface area contributed by atoms with Crippen LogP contribution in [0.1, 0.15) is 47.3 Å². The van der Waals surface area contributed by atoms with Crippen LogP contribution in [0.25, 0.3) is 11.1 Å². The molecule has 0 spiro atoms. The highest BCUT2D eigenvalue weighted by atomic mass is 19.1. The summed E-state index contributed by atoms with van der Waals surface area (Å²) in [5.41, 5.74) is 8.20. The van der Waals surface area contributed by atoms with Crippen LogP contribution < -0.4 is 5.73 Å². The Morgan fingerprint density at radius 1 is 1.26 bits per heavy atom. The van der Waals surface area contributed by atoms with Gasteiger partial charge in [-0.25, -0.2) is 8.78 Å². The number of nitrogens with two attached hydrogens (primary N) is 1. The number of rotatable bonds is 4. The third kappa shape index (κ3) is 2.96. The van der Waals surface area contributed by atoms with Crippen LogP contribution in [-0.4, -0.2) is 10.9 Å². The van der Waals surface area contributed by atoms with Crippen molar-refractivity contribution in [2.24, 2.45) is 11.7 Å². The molecule has 3 rings (SSSR count). The minimum Gasteiger partial charge on any atom is -0.364 e. The van der Waals surface area contributed by atoms with Crippen LogP contribution in [0.3, 0.4) is 0 Å². The first-order valence-electron chi connectivity index (χ1n) is 7.64. The van der Waals surface area contributed by atoms with E-state index in [1.54, 1.807) is 0 Å². The number of benzene rings is 1. The molecule has 2 N–H and O–H groups in total. The minimum atomic E-state index is -0.651. The molecule has 1 heterocycles. The molecular weight excluding hydrogens is 298 g/mol. The molecule has 1 aromatic heterocycles. The Bertz CT molecular complexity index is 765. The quantitative estimate of drug-likeness (QED) is 0.928. The number of halogens is 2. The van der Waals surface area contributed by atoms with Gasteiger partial charge in [-0.15, -0.1) is 0 Å². The first-order valence-corrected chi connectivity index (χ1v) is 7.64. The molecule has 1 aliphatic carbocycles. The average molecular weight is 316 g/mol. The Morgan fingerprint density at radius 2 is 1.87 bits per heavy atom. The maximum atomic E-state index is 13.7. The monoisotopic (exact) mass is 316 g/mol. The Labute approximate surface area is 133 Å². The second kappa shape index (κ2) is 5.72. The van der Waals surface area contributed by atoms with Crippen LogP contribution in [0.4, 0.5) is 8.78 Å². The van der Waals surface area contributed by atoms with Crippen LogP contribution in [-0.2, 0) is 0 Å². The summed E-state index contributed by atoms with van der Waals surface area (Å²) >= 11 is 0. The number of pyridine rings is 1. The van der Waals surface area contributed by atoms with Gasteiger partial charge in [0.05, 0.1) is 0 Å². The average Bonchev–Trinajstić information content (AvgIpc) is 3.29. The van der Waals surface area contributed by atoms with E-state index in [2.05, 4.69) is 4.98 Å². The van der Waals surface area contributed by atoms with Crippen LogP contribution in [0.2, 0.25) is 0 Å². The zero-order chi connectivity index (χ0) is 16.7. The Morgan fingerprint density at radius 3 is 2.39 bits per heavy atom. The molecule has 1 amide bonds. The highest BCUT2D eigenvalue weighted by molar-refractivity contribution is 5.95.